The molecule has 1 nitrogen and oxygen atoms in total. The second-order valence-corrected chi connectivity index (χ2v) is 2.91. The molecule has 0 aliphatic rings. The predicted octanol–water partition coefficient (Wildman–Crippen LogP) is 4.04. The Bertz CT molecular complexity index is 258. The summed E-state index contributed by atoms with van der Waals surface area (Å²) in [6.45, 7) is 2.71. The molecule has 0 unspecified atom stereocenters. The molecule has 0 radical (unpaired) electrons. The molecule has 0 amide bonds. The van der Waals surface area contributed by atoms with Gasteiger partial charge < -0.3 is 4.74 Å². The molecule has 1 aromatic rings. The fourth-order valence-electron chi connectivity index (χ4n) is 1.04. The molecule has 0 aromatic heterocycles. The average Bonchev–Trinajstić information content (AvgIpc) is 2.29. The summed E-state index contributed by atoms with van der Waals surface area (Å²) in [7, 11) is 0. The van der Waals surface area contributed by atoms with Gasteiger partial charge in [-0.3, -0.25) is 0 Å². The first kappa shape index (κ1) is 15.1. The zero-order valence-electron chi connectivity index (χ0n) is 8.93. The van der Waals surface area contributed by atoms with E-state index in [1.54, 1.807) is 0 Å². The van der Waals surface area contributed by atoms with E-state index in [1.807, 2.05) is 0 Å². The third kappa shape index (κ3) is 7.02. The Balaban J connectivity index is 0.000000921. The Hall–Kier alpha value is 0.0534. The van der Waals surface area contributed by atoms with E-state index in [9.17, 15) is 4.39 Å². The SMILES string of the molecule is CCCCCOc1c[c-]ccc1F.[Zn+][Br]. The van der Waals surface area contributed by atoms with Crippen molar-refractivity contribution in [1.82, 2.24) is 0 Å². The van der Waals surface area contributed by atoms with Crippen LogP contribution in [0.3, 0.4) is 0 Å². The van der Waals surface area contributed by atoms with Gasteiger partial charge in [0, 0.05) is 5.75 Å². The Morgan fingerprint density at radius 2 is 2.20 bits per heavy atom. The molecule has 1 aromatic carbocycles. The van der Waals surface area contributed by atoms with Crippen LogP contribution in [0.15, 0.2) is 18.2 Å². The first-order valence-electron chi connectivity index (χ1n) is 4.89. The van der Waals surface area contributed by atoms with Crippen LogP contribution in [-0.2, 0) is 16.3 Å². The standard InChI is InChI=1S/C11H14FO.BrH.Zn/c1-2-3-6-9-13-11-8-5-4-7-10(11)12;;/h4,7-8H,2-3,6,9H2,1H3;1H;/q-1;;+2/p-1. The van der Waals surface area contributed by atoms with Gasteiger partial charge in [-0.2, -0.15) is 12.1 Å². The van der Waals surface area contributed by atoms with E-state index < -0.39 is 0 Å². The number of rotatable bonds is 5. The Kier molecular flexibility index (Phi) is 10.6. The second kappa shape index (κ2) is 10.6. The molecule has 0 heterocycles. The first-order valence-corrected chi connectivity index (χ1v) is 11.8. The van der Waals surface area contributed by atoms with Gasteiger partial charge in [0.15, 0.2) is 0 Å². The van der Waals surface area contributed by atoms with Crippen molar-refractivity contribution in [3.63, 3.8) is 0 Å². The molecule has 0 aliphatic carbocycles. The number of unbranched alkanes of at least 4 members (excludes halogenated alkanes) is 2. The number of benzene rings is 1. The molecule has 80 valence electrons. The third-order valence-corrected chi connectivity index (χ3v) is 1.78. The maximum absolute atomic E-state index is 13.0. The van der Waals surface area contributed by atoms with E-state index in [4.69, 9.17) is 4.74 Å². The van der Waals surface area contributed by atoms with E-state index >= 15 is 0 Å². The van der Waals surface area contributed by atoms with Crippen molar-refractivity contribution < 1.29 is 25.5 Å². The molecule has 0 fully saturated rings. The van der Waals surface area contributed by atoms with Crippen LogP contribution < -0.4 is 4.74 Å². The zero-order valence-corrected chi connectivity index (χ0v) is 13.5. The van der Waals surface area contributed by atoms with Gasteiger partial charge in [0.2, 0.25) is 0 Å². The zero-order chi connectivity index (χ0) is 11.5. The van der Waals surface area contributed by atoms with E-state index in [-0.39, 0.29) is 5.82 Å². The van der Waals surface area contributed by atoms with Crippen molar-refractivity contribution in [3.8, 4) is 5.75 Å². The normalized spacial score (nSPS) is 9.13. The summed E-state index contributed by atoms with van der Waals surface area (Å²) in [4.78, 5) is 0. The number of hydrogen-bond donors (Lipinski definition) is 0. The van der Waals surface area contributed by atoms with Crippen molar-refractivity contribution in [1.29, 1.82) is 0 Å². The Morgan fingerprint density at radius 1 is 1.47 bits per heavy atom. The minimum atomic E-state index is -0.310. The summed E-state index contributed by atoms with van der Waals surface area (Å²) >= 11 is 4.25. The van der Waals surface area contributed by atoms with Crippen LogP contribution in [0.1, 0.15) is 26.2 Å². The van der Waals surface area contributed by atoms with Crippen molar-refractivity contribution in [2.45, 2.75) is 26.2 Å². The number of ether oxygens (including phenoxy) is 1. The molecule has 0 bridgehead atoms. The summed E-state index contributed by atoms with van der Waals surface area (Å²) in [6, 6.07) is 7.20. The van der Waals surface area contributed by atoms with Gasteiger partial charge in [-0.15, -0.1) is 12.1 Å². The van der Waals surface area contributed by atoms with Crippen molar-refractivity contribution >= 4 is 13.6 Å². The van der Waals surface area contributed by atoms with Crippen LogP contribution in [0.2, 0.25) is 0 Å². The first-order chi connectivity index (χ1) is 7.34. The average molecular weight is 327 g/mol. The van der Waals surface area contributed by atoms with Crippen LogP contribution >= 0.6 is 13.6 Å². The van der Waals surface area contributed by atoms with E-state index in [1.165, 1.54) is 34.5 Å². The van der Waals surface area contributed by atoms with Gasteiger partial charge >= 0.3 is 30.0 Å². The van der Waals surface area contributed by atoms with Gasteiger partial charge in [-0.05, 0) is 6.42 Å². The van der Waals surface area contributed by atoms with E-state index in [2.05, 4.69) is 26.6 Å². The van der Waals surface area contributed by atoms with Crippen LogP contribution in [-0.4, -0.2) is 6.61 Å². The molecule has 0 atom stereocenters. The number of hydrogen-bond acceptors (Lipinski definition) is 1. The van der Waals surface area contributed by atoms with Crippen molar-refractivity contribution in [2.24, 2.45) is 0 Å². The summed E-state index contributed by atoms with van der Waals surface area (Å²) in [5.74, 6) is -0.00569. The minimum absolute atomic E-state index is 0.304. The topological polar surface area (TPSA) is 9.23 Å². The fourth-order valence-corrected chi connectivity index (χ4v) is 1.04. The molecular formula is C11H14BrFOZn. The van der Waals surface area contributed by atoms with Crippen LogP contribution in [0, 0.1) is 11.9 Å². The van der Waals surface area contributed by atoms with Crippen LogP contribution in [0.25, 0.3) is 0 Å². The van der Waals surface area contributed by atoms with Gasteiger partial charge in [-0.1, -0.05) is 19.8 Å². The van der Waals surface area contributed by atoms with Crippen LogP contribution in [0.5, 0.6) is 5.75 Å². The summed E-state index contributed by atoms with van der Waals surface area (Å²) in [5.41, 5.74) is 0. The summed E-state index contributed by atoms with van der Waals surface area (Å²) < 4.78 is 18.2. The molecule has 0 saturated heterocycles. The molecule has 1 rings (SSSR count). The molecule has 15 heavy (non-hydrogen) atoms. The molecule has 0 aliphatic heterocycles. The molecule has 4 heteroatoms. The maximum atomic E-state index is 13.0. The molecular weight excluding hydrogens is 312 g/mol. The second-order valence-electron chi connectivity index (χ2n) is 2.91. The van der Waals surface area contributed by atoms with Crippen molar-refractivity contribution in [2.75, 3.05) is 6.61 Å². The van der Waals surface area contributed by atoms with Crippen molar-refractivity contribution in [3.05, 3.63) is 30.1 Å². The summed E-state index contributed by atoms with van der Waals surface area (Å²) in [6.07, 6.45) is 3.25. The quantitative estimate of drug-likeness (QED) is 0.451. The predicted molar refractivity (Wildman–Crippen MR) is 59.2 cm³/mol. The van der Waals surface area contributed by atoms with Gasteiger partial charge in [0.05, 0.1) is 12.4 Å². The van der Waals surface area contributed by atoms with Gasteiger partial charge in [0.25, 0.3) is 0 Å². The fraction of sp³-hybridized carbons (Fsp3) is 0.455. The number of halogens is 2. The van der Waals surface area contributed by atoms with Gasteiger partial charge in [0.1, 0.15) is 0 Å². The summed E-state index contributed by atoms with van der Waals surface area (Å²) in [5, 5.41) is 0. The van der Waals surface area contributed by atoms with Crippen LogP contribution in [0.4, 0.5) is 4.39 Å². The molecule has 0 spiro atoms. The Labute approximate surface area is 107 Å². The van der Waals surface area contributed by atoms with E-state index in [0.29, 0.717) is 12.4 Å². The van der Waals surface area contributed by atoms with E-state index in [0.717, 1.165) is 19.3 Å². The molecule has 0 N–H and O–H groups in total. The monoisotopic (exact) mass is 324 g/mol. The van der Waals surface area contributed by atoms with Gasteiger partial charge in [-0.25, -0.2) is 4.39 Å². The molecule has 0 saturated carbocycles. The third-order valence-electron chi connectivity index (χ3n) is 1.78. The Morgan fingerprint density at radius 3 is 2.80 bits per heavy atom.